The van der Waals surface area contributed by atoms with Gasteiger partial charge in [-0.25, -0.2) is 41.1 Å². The van der Waals surface area contributed by atoms with E-state index in [0.29, 0.717) is 0 Å². The second-order valence-corrected chi connectivity index (χ2v) is 28.9. The van der Waals surface area contributed by atoms with Crippen LogP contribution in [0.15, 0.2) is 0 Å². The van der Waals surface area contributed by atoms with Crippen LogP contribution < -0.4 is 26.6 Å². The molecule has 56 heteroatoms. The summed E-state index contributed by atoms with van der Waals surface area (Å²) in [7, 11) is -38.6. The summed E-state index contributed by atoms with van der Waals surface area (Å²) in [6, 6.07) is 0. The summed E-state index contributed by atoms with van der Waals surface area (Å²) < 4.78 is 218. The molecular weight excluding hydrogens is 1420 g/mol. The van der Waals surface area contributed by atoms with Crippen molar-refractivity contribution in [3.05, 3.63) is 0 Å². The van der Waals surface area contributed by atoms with E-state index < -0.39 is 213 Å². The molecule has 47 nitrogen and oxygen atoms in total. The van der Waals surface area contributed by atoms with Crippen molar-refractivity contribution in [1.29, 1.82) is 0 Å². The van der Waals surface area contributed by atoms with Crippen LogP contribution in [0, 0.1) is 0 Å². The summed E-state index contributed by atoms with van der Waals surface area (Å²) in [6.45, 7) is -15.6. The molecule has 0 aliphatic rings. The van der Waals surface area contributed by atoms with E-state index in [9.17, 15) is 85.3 Å². The summed E-state index contributed by atoms with van der Waals surface area (Å²) in [4.78, 5) is 99.3. The molecule has 0 aliphatic carbocycles. The van der Waals surface area contributed by atoms with Gasteiger partial charge in [-0.3, -0.25) is 103 Å². The van der Waals surface area contributed by atoms with Crippen LogP contribution in [0.2, 0.25) is 0 Å². The van der Waals surface area contributed by atoms with Gasteiger partial charge < -0.3 is 77.7 Å². The van der Waals surface area contributed by atoms with Gasteiger partial charge in [0.2, 0.25) is 0 Å². The zero-order chi connectivity index (χ0) is 67.7. The Balaban J connectivity index is 5.29. The minimum atomic E-state index is -5.25. The molecule has 0 heterocycles. The molecule has 0 radical (unpaired) electrons. The number of aliphatic hydroxyl groups excluding tert-OH is 1. The van der Waals surface area contributed by atoms with E-state index in [2.05, 4.69) is 62.8 Å². The zero-order valence-electron chi connectivity index (χ0n) is 48.3. The molecule has 0 amide bonds. The first kappa shape index (κ1) is 89.5. The Bertz CT molecular complexity index is 2340. The maximum absolute atomic E-state index is 12.8. The lowest BCUT2D eigenvalue weighted by Crippen LogP contribution is -2.27. The molecular formula is C33H82N5O42P9. The van der Waals surface area contributed by atoms with Crippen molar-refractivity contribution in [3.8, 4) is 0 Å². The summed E-state index contributed by atoms with van der Waals surface area (Å²) in [6.07, 6.45) is -7.92. The van der Waals surface area contributed by atoms with Crippen LogP contribution in [-0.4, -0.2) is 272 Å². The van der Waals surface area contributed by atoms with Crippen molar-refractivity contribution in [2.75, 3.05) is 188 Å². The van der Waals surface area contributed by atoms with Crippen molar-refractivity contribution in [2.45, 2.75) is 30.5 Å². The third kappa shape index (κ3) is 52.4. The molecule has 0 fully saturated rings. The van der Waals surface area contributed by atoms with Crippen molar-refractivity contribution in [2.24, 2.45) is 0 Å². The highest BCUT2D eigenvalue weighted by Gasteiger charge is 2.36. The Morgan fingerprint density at radius 2 is 0.438 bits per heavy atom. The highest BCUT2D eigenvalue weighted by Crippen LogP contribution is 2.52. The van der Waals surface area contributed by atoms with Crippen molar-refractivity contribution >= 4 is 70.4 Å². The van der Waals surface area contributed by atoms with E-state index in [1.165, 1.54) is 28.2 Å². The van der Waals surface area contributed by atoms with Gasteiger partial charge in [-0.05, 0) is 35.2 Å². The molecule has 13 unspecified atom stereocenters. The van der Waals surface area contributed by atoms with Gasteiger partial charge in [0.1, 0.15) is 30.5 Å². The second-order valence-electron chi connectivity index (χ2n) is 16.3. The van der Waals surface area contributed by atoms with Crippen LogP contribution in [0.1, 0.15) is 0 Å². The number of hydrogen-bond acceptors (Lipinski definition) is 37. The standard InChI is InChI=1S/C33H82N5O42P9/c1-34-24-59-15-29(14-39)77-86(51,52)68-10-6-65-83(45,46)73-21-31(17-61-26-36-3)79-88(55,56)70-12-8-67-85(49,50)75-23-33(19-63-28-38-5)80-89(57,58)71-13-9-66-84(47,48)74-22-32(18-62-27-37-4)78-87(53,54)69-11-7-64-82(43,44)72-20-30(16-60-25-35-2)76-81(40,41)42/h29-39H,6-28H2,1-5H3,(H,43,44)(H,45,46)(H,47,48)(H,49,50)(H,51,52)(H,53,54)(H,55,56)(H,57,58)(H2,40,41,42). The molecule has 0 aromatic carbocycles. The maximum Gasteiger partial charge on any atom is 0.472 e. The van der Waals surface area contributed by atoms with E-state index in [-0.39, 0.29) is 40.3 Å². The van der Waals surface area contributed by atoms with Gasteiger partial charge in [-0.2, -0.15) is 0 Å². The fourth-order valence-electron chi connectivity index (χ4n) is 5.16. The Kier molecular flexibility index (Phi) is 47.8. The number of hydrogen-bond donors (Lipinski definition) is 16. The Morgan fingerprint density at radius 3 is 0.629 bits per heavy atom. The van der Waals surface area contributed by atoms with Crippen LogP contribution in [0.25, 0.3) is 0 Å². The molecule has 0 aromatic heterocycles. The van der Waals surface area contributed by atoms with E-state index >= 15 is 0 Å². The Hall–Kier alpha value is 0.550. The van der Waals surface area contributed by atoms with Gasteiger partial charge in [0.05, 0.1) is 153 Å². The molecule has 0 saturated heterocycles. The number of aliphatic hydroxyl groups is 1. The van der Waals surface area contributed by atoms with E-state index in [1.807, 2.05) is 0 Å². The SMILES string of the molecule is CNCOCC(COP(=O)(O)OCCOP(=O)(O)OC(COCNC)COP(=O)(O)OCCOP(=O)(O)OC(COCNC)COP(=O)(O)OCCOP(=O)(O)OC(COCNC)COP(=O)(O)OCCOP(=O)(O)OC(CO)COCNC)OP(=O)(O)O. The number of rotatable bonds is 63. The number of nitrogens with one attached hydrogen (secondary N) is 5. The molecule has 13 atom stereocenters. The lowest BCUT2D eigenvalue weighted by molar-refractivity contribution is -0.0141. The monoisotopic (exact) mass is 1500 g/mol. The molecule has 0 aliphatic heterocycles. The highest BCUT2D eigenvalue weighted by atomic mass is 31.2. The summed E-state index contributed by atoms with van der Waals surface area (Å²) in [5, 5.41) is 22.2. The van der Waals surface area contributed by atoms with Gasteiger partial charge in [0.25, 0.3) is 0 Å². The van der Waals surface area contributed by atoms with Gasteiger partial charge in [-0.15, -0.1) is 0 Å². The first-order chi connectivity index (χ1) is 41.4. The number of ether oxygens (including phenoxy) is 5. The van der Waals surface area contributed by atoms with Crippen LogP contribution in [-0.2, 0) is 142 Å². The van der Waals surface area contributed by atoms with E-state index in [1.54, 1.807) is 7.05 Å². The zero-order valence-corrected chi connectivity index (χ0v) is 56.3. The Labute approximate surface area is 509 Å². The number of phosphoric acid groups is 9. The van der Waals surface area contributed by atoms with E-state index in [0.717, 1.165) is 0 Å². The lowest BCUT2D eigenvalue weighted by Gasteiger charge is -2.23. The third-order valence-corrected chi connectivity index (χ3v) is 17.2. The highest BCUT2D eigenvalue weighted by molar-refractivity contribution is 7.49. The average molecular weight is 1500 g/mol. The minimum absolute atomic E-state index is 0.0243. The quantitative estimate of drug-likeness (QED) is 0.0177. The third-order valence-electron chi connectivity index (χ3n) is 8.43. The molecule has 536 valence electrons. The summed E-state index contributed by atoms with van der Waals surface area (Å²) in [5.41, 5.74) is 0. The van der Waals surface area contributed by atoms with Gasteiger partial charge in [0, 0.05) is 0 Å². The van der Waals surface area contributed by atoms with Crippen molar-refractivity contribution < 1.29 is 196 Å². The topological polar surface area (TPSA) is 639 Å². The molecule has 89 heavy (non-hydrogen) atoms. The summed E-state index contributed by atoms with van der Waals surface area (Å²) >= 11 is 0. The molecule has 0 rings (SSSR count). The molecule has 16 N–H and O–H groups in total. The first-order valence-electron chi connectivity index (χ1n) is 24.9. The van der Waals surface area contributed by atoms with Crippen LogP contribution in [0.4, 0.5) is 0 Å². The van der Waals surface area contributed by atoms with Crippen molar-refractivity contribution in [3.63, 3.8) is 0 Å². The normalized spacial score (nSPS) is 19.7. The predicted molar refractivity (Wildman–Crippen MR) is 293 cm³/mol. The fourth-order valence-corrected chi connectivity index (χ4v) is 12.1. The minimum Gasteiger partial charge on any atom is -0.394 e. The smallest absolute Gasteiger partial charge is 0.394 e. The van der Waals surface area contributed by atoms with Gasteiger partial charge in [-0.1, -0.05) is 0 Å². The number of phosphoric ester groups is 9. The maximum atomic E-state index is 12.8. The van der Waals surface area contributed by atoms with Gasteiger partial charge >= 0.3 is 70.4 Å². The Morgan fingerprint density at radius 1 is 0.258 bits per heavy atom. The molecule has 0 aromatic rings. The fraction of sp³-hybridized carbons (Fsp3) is 1.00. The second kappa shape index (κ2) is 47.5. The average Bonchev–Trinajstić information content (AvgIpc) is 3.54. The molecule has 0 bridgehead atoms. The molecule has 0 saturated carbocycles. The lowest BCUT2D eigenvalue weighted by atomic mass is 10.4. The van der Waals surface area contributed by atoms with Crippen molar-refractivity contribution in [1.82, 2.24) is 26.6 Å². The van der Waals surface area contributed by atoms with Crippen LogP contribution in [0.5, 0.6) is 0 Å². The van der Waals surface area contributed by atoms with Crippen LogP contribution in [0.3, 0.4) is 0 Å². The largest absolute Gasteiger partial charge is 0.472 e. The van der Waals surface area contributed by atoms with E-state index in [4.69, 9.17) is 74.2 Å². The summed E-state index contributed by atoms with van der Waals surface area (Å²) in [5.74, 6) is 0. The predicted octanol–water partition coefficient (Wildman–Crippen LogP) is -2.03. The van der Waals surface area contributed by atoms with Crippen LogP contribution >= 0.6 is 70.4 Å². The first-order valence-corrected chi connectivity index (χ1v) is 38.4. The molecule has 0 spiro atoms. The van der Waals surface area contributed by atoms with Gasteiger partial charge in [0.15, 0.2) is 0 Å².